The Morgan fingerprint density at radius 3 is 2.31 bits per heavy atom. The maximum Gasteiger partial charge on any atom is 0.417 e. The van der Waals surface area contributed by atoms with Crippen molar-refractivity contribution in [2.75, 3.05) is 13.1 Å². The van der Waals surface area contributed by atoms with Crippen molar-refractivity contribution in [3.8, 4) is 5.75 Å². The molecule has 2 aromatic rings. The van der Waals surface area contributed by atoms with E-state index in [4.69, 9.17) is 21.1 Å². The monoisotopic (exact) mass is 527 g/mol. The van der Waals surface area contributed by atoms with Crippen LogP contribution in [0.15, 0.2) is 30.3 Å². The molecule has 0 aromatic heterocycles. The number of rotatable bonds is 6. The van der Waals surface area contributed by atoms with E-state index in [1.165, 1.54) is 18.2 Å². The van der Waals surface area contributed by atoms with Crippen molar-refractivity contribution in [2.45, 2.75) is 76.8 Å². The highest BCUT2D eigenvalue weighted by Crippen LogP contribution is 2.43. The van der Waals surface area contributed by atoms with Crippen molar-refractivity contribution in [1.29, 1.82) is 0 Å². The number of benzene rings is 2. The molecule has 0 spiro atoms. The summed E-state index contributed by atoms with van der Waals surface area (Å²) in [5.41, 5.74) is 0.174. The van der Waals surface area contributed by atoms with Crippen LogP contribution < -0.4 is 4.74 Å². The van der Waals surface area contributed by atoms with Gasteiger partial charge in [-0.2, -0.15) is 13.2 Å². The Balaban J connectivity index is 1.40. The van der Waals surface area contributed by atoms with Crippen LogP contribution in [0.4, 0.5) is 17.6 Å². The molecule has 2 aromatic carbocycles. The number of nitrogens with zero attached hydrogens (tertiary/aromatic N) is 1. The van der Waals surface area contributed by atoms with Gasteiger partial charge < -0.3 is 9.47 Å². The van der Waals surface area contributed by atoms with Crippen LogP contribution in [0.25, 0.3) is 0 Å². The van der Waals surface area contributed by atoms with Crippen molar-refractivity contribution in [2.24, 2.45) is 0 Å². The molecule has 4 rings (SSSR count). The fourth-order valence-corrected chi connectivity index (χ4v) is 4.67. The molecule has 1 heterocycles. The van der Waals surface area contributed by atoms with Crippen LogP contribution >= 0.6 is 11.6 Å². The van der Waals surface area contributed by atoms with Gasteiger partial charge in [-0.15, -0.1) is 0 Å². The Bertz CT molecular complexity index is 1120. The third-order valence-corrected chi connectivity index (χ3v) is 6.67. The van der Waals surface area contributed by atoms with Crippen LogP contribution in [-0.4, -0.2) is 35.7 Å². The molecule has 2 aliphatic rings. The van der Waals surface area contributed by atoms with E-state index in [0.29, 0.717) is 38.4 Å². The molecule has 36 heavy (non-hydrogen) atoms. The van der Waals surface area contributed by atoms with Gasteiger partial charge in [0, 0.05) is 19.6 Å². The zero-order chi connectivity index (χ0) is 26.3. The van der Waals surface area contributed by atoms with Gasteiger partial charge in [0.15, 0.2) is 0 Å². The van der Waals surface area contributed by atoms with E-state index in [0.717, 1.165) is 30.0 Å². The lowest BCUT2D eigenvalue weighted by Crippen LogP contribution is -2.38. The molecular formula is C27H30ClF4NO3. The summed E-state index contributed by atoms with van der Waals surface area (Å²) < 4.78 is 65.5. The molecule has 0 bridgehead atoms. The molecule has 0 unspecified atom stereocenters. The van der Waals surface area contributed by atoms with E-state index in [1.54, 1.807) is 26.8 Å². The van der Waals surface area contributed by atoms with Crippen molar-refractivity contribution in [3.05, 3.63) is 63.4 Å². The summed E-state index contributed by atoms with van der Waals surface area (Å²) in [6.45, 7) is 7.08. The number of piperidine rings is 1. The molecule has 1 saturated heterocycles. The van der Waals surface area contributed by atoms with Gasteiger partial charge in [-0.25, -0.2) is 9.18 Å². The number of hydrogen-bond acceptors (Lipinski definition) is 4. The third kappa shape index (κ3) is 6.71. The van der Waals surface area contributed by atoms with E-state index in [9.17, 15) is 22.4 Å². The standard InChI is InChI=1S/C27H30ClF4NO3/c1-26(2,3)36-25(34)21-14-20(16-4-5-16)17(12-24(21)29)15-33-10-8-18(9-11-33)35-19-6-7-23(28)22(13-19)27(30,31)32/h6-7,12-14,16,18H,4-5,8-11,15H2,1-3H3. The summed E-state index contributed by atoms with van der Waals surface area (Å²) in [5.74, 6) is -0.802. The molecule has 0 N–H and O–H groups in total. The molecule has 1 saturated carbocycles. The topological polar surface area (TPSA) is 38.8 Å². The Morgan fingerprint density at radius 2 is 1.72 bits per heavy atom. The molecule has 0 radical (unpaired) electrons. The highest BCUT2D eigenvalue weighted by Gasteiger charge is 2.34. The molecule has 9 heteroatoms. The van der Waals surface area contributed by atoms with Gasteiger partial charge >= 0.3 is 12.1 Å². The lowest BCUT2D eigenvalue weighted by atomic mass is 9.97. The van der Waals surface area contributed by atoms with E-state index in [-0.39, 0.29) is 22.4 Å². The van der Waals surface area contributed by atoms with Crippen LogP contribution in [-0.2, 0) is 17.5 Å². The largest absolute Gasteiger partial charge is 0.490 e. The summed E-state index contributed by atoms with van der Waals surface area (Å²) in [4.78, 5) is 14.7. The second kappa shape index (κ2) is 10.2. The average molecular weight is 528 g/mol. The normalized spacial score (nSPS) is 17.8. The smallest absolute Gasteiger partial charge is 0.417 e. The molecule has 196 valence electrons. The Labute approximate surface area is 213 Å². The summed E-state index contributed by atoms with van der Waals surface area (Å²) in [6.07, 6.45) is -1.51. The minimum Gasteiger partial charge on any atom is -0.490 e. The molecule has 1 aliphatic heterocycles. The minimum absolute atomic E-state index is 0.0381. The predicted molar refractivity (Wildman–Crippen MR) is 129 cm³/mol. The van der Waals surface area contributed by atoms with Crippen LogP contribution in [0.5, 0.6) is 5.75 Å². The highest BCUT2D eigenvalue weighted by atomic mass is 35.5. The number of hydrogen-bond donors (Lipinski definition) is 0. The van der Waals surface area contributed by atoms with Crippen LogP contribution in [0.3, 0.4) is 0 Å². The Morgan fingerprint density at radius 1 is 1.06 bits per heavy atom. The van der Waals surface area contributed by atoms with Gasteiger partial charge in [-0.1, -0.05) is 11.6 Å². The zero-order valence-corrected chi connectivity index (χ0v) is 21.3. The lowest BCUT2D eigenvalue weighted by Gasteiger charge is -2.33. The maximum atomic E-state index is 14.9. The van der Waals surface area contributed by atoms with E-state index < -0.39 is 29.1 Å². The zero-order valence-electron chi connectivity index (χ0n) is 20.6. The molecular weight excluding hydrogens is 498 g/mol. The number of halogens is 5. The number of likely N-dealkylation sites (tertiary alicyclic amines) is 1. The summed E-state index contributed by atoms with van der Waals surface area (Å²) >= 11 is 5.69. The summed E-state index contributed by atoms with van der Waals surface area (Å²) in [7, 11) is 0. The average Bonchev–Trinajstić information content (AvgIpc) is 3.60. The van der Waals surface area contributed by atoms with Crippen LogP contribution in [0, 0.1) is 5.82 Å². The fraction of sp³-hybridized carbons (Fsp3) is 0.519. The summed E-state index contributed by atoms with van der Waals surface area (Å²) in [6, 6.07) is 6.67. The van der Waals surface area contributed by atoms with Crippen molar-refractivity contribution in [1.82, 2.24) is 4.90 Å². The van der Waals surface area contributed by atoms with Crippen LogP contribution in [0.1, 0.15) is 79.4 Å². The number of esters is 1. The molecule has 0 amide bonds. The first-order valence-electron chi connectivity index (χ1n) is 12.1. The second-order valence-corrected chi connectivity index (χ2v) is 10.9. The SMILES string of the molecule is CC(C)(C)OC(=O)c1cc(C2CC2)c(CN2CCC(Oc3ccc(Cl)c(C(F)(F)F)c3)CC2)cc1F. The maximum absolute atomic E-state index is 14.9. The Hall–Kier alpha value is -2.32. The first-order valence-corrected chi connectivity index (χ1v) is 12.5. The number of alkyl halides is 3. The van der Waals surface area contributed by atoms with Gasteiger partial charge in [-0.05, 0) is 93.8 Å². The van der Waals surface area contributed by atoms with Crippen molar-refractivity contribution < 1.29 is 31.8 Å². The predicted octanol–water partition coefficient (Wildman–Crippen LogP) is 7.37. The second-order valence-electron chi connectivity index (χ2n) is 10.5. The molecule has 0 atom stereocenters. The first-order chi connectivity index (χ1) is 16.8. The Kier molecular flexibility index (Phi) is 7.58. The third-order valence-electron chi connectivity index (χ3n) is 6.34. The van der Waals surface area contributed by atoms with Gasteiger partial charge in [0.1, 0.15) is 23.3 Å². The van der Waals surface area contributed by atoms with E-state index in [2.05, 4.69) is 4.90 Å². The fourth-order valence-electron chi connectivity index (χ4n) is 4.45. The summed E-state index contributed by atoms with van der Waals surface area (Å²) in [5, 5.41) is -0.360. The van der Waals surface area contributed by atoms with Gasteiger partial charge in [-0.3, -0.25) is 4.90 Å². The highest BCUT2D eigenvalue weighted by molar-refractivity contribution is 6.31. The van der Waals surface area contributed by atoms with E-state index >= 15 is 0 Å². The quantitative estimate of drug-likeness (QED) is 0.290. The number of ether oxygens (including phenoxy) is 2. The molecule has 4 nitrogen and oxygen atoms in total. The van der Waals surface area contributed by atoms with Gasteiger partial charge in [0.05, 0.1) is 16.1 Å². The minimum atomic E-state index is -4.55. The lowest BCUT2D eigenvalue weighted by molar-refractivity contribution is -0.137. The van der Waals surface area contributed by atoms with Crippen molar-refractivity contribution >= 4 is 17.6 Å². The van der Waals surface area contributed by atoms with Gasteiger partial charge in [0.25, 0.3) is 0 Å². The van der Waals surface area contributed by atoms with Crippen molar-refractivity contribution in [3.63, 3.8) is 0 Å². The van der Waals surface area contributed by atoms with Gasteiger partial charge in [0.2, 0.25) is 0 Å². The molecule has 2 fully saturated rings. The first kappa shape index (κ1) is 26.7. The number of carbonyl (C=O) groups excluding carboxylic acids is 1. The van der Waals surface area contributed by atoms with Crippen LogP contribution in [0.2, 0.25) is 5.02 Å². The van der Waals surface area contributed by atoms with E-state index in [1.807, 2.05) is 0 Å². The molecule has 1 aliphatic carbocycles. The number of carbonyl (C=O) groups is 1.